The minimum absolute atomic E-state index is 0.120. The van der Waals surface area contributed by atoms with E-state index in [1.54, 1.807) is 0 Å². The number of benzene rings is 1. The lowest BCUT2D eigenvalue weighted by Gasteiger charge is -2.25. The zero-order valence-electron chi connectivity index (χ0n) is 11.1. The van der Waals surface area contributed by atoms with Gasteiger partial charge in [-0.3, -0.25) is 0 Å². The van der Waals surface area contributed by atoms with Gasteiger partial charge in [-0.05, 0) is 29.9 Å². The Balaban J connectivity index is 2.12. The van der Waals surface area contributed by atoms with E-state index in [2.05, 4.69) is 38.1 Å². The van der Waals surface area contributed by atoms with Crippen molar-refractivity contribution in [2.45, 2.75) is 57.3 Å². The molecule has 1 saturated carbocycles. The number of aliphatic hydroxyl groups is 1. The highest BCUT2D eigenvalue weighted by Gasteiger charge is 2.20. The second-order valence-corrected chi connectivity index (χ2v) is 6.00. The first-order valence-corrected chi connectivity index (χ1v) is 6.85. The monoisotopic (exact) mass is 232 g/mol. The third-order valence-electron chi connectivity index (χ3n) is 4.16. The van der Waals surface area contributed by atoms with E-state index in [9.17, 15) is 5.11 Å². The first kappa shape index (κ1) is 12.6. The van der Waals surface area contributed by atoms with Gasteiger partial charge in [0.05, 0.1) is 6.61 Å². The molecule has 0 radical (unpaired) electrons. The van der Waals surface area contributed by atoms with Gasteiger partial charge in [0.25, 0.3) is 0 Å². The van der Waals surface area contributed by atoms with Crippen LogP contribution in [0.4, 0.5) is 0 Å². The second kappa shape index (κ2) is 5.22. The van der Waals surface area contributed by atoms with E-state index >= 15 is 0 Å². The quantitative estimate of drug-likeness (QED) is 0.835. The van der Waals surface area contributed by atoms with Gasteiger partial charge < -0.3 is 5.11 Å². The van der Waals surface area contributed by atoms with E-state index in [0.29, 0.717) is 0 Å². The van der Waals surface area contributed by atoms with Crippen LogP contribution in [0.25, 0.3) is 0 Å². The molecule has 0 atom stereocenters. The summed E-state index contributed by atoms with van der Waals surface area (Å²) >= 11 is 0. The van der Waals surface area contributed by atoms with Crippen LogP contribution in [0.5, 0.6) is 0 Å². The fourth-order valence-electron chi connectivity index (χ4n) is 2.73. The van der Waals surface area contributed by atoms with Crippen LogP contribution in [-0.2, 0) is 5.41 Å². The summed E-state index contributed by atoms with van der Waals surface area (Å²) in [5, 5.41) is 9.37. The van der Waals surface area contributed by atoms with Gasteiger partial charge >= 0.3 is 0 Å². The molecule has 0 spiro atoms. The first-order valence-electron chi connectivity index (χ1n) is 6.85. The molecule has 94 valence electrons. The maximum absolute atomic E-state index is 9.37. The molecule has 0 bridgehead atoms. The lowest BCUT2D eigenvalue weighted by atomic mass is 9.81. The third kappa shape index (κ3) is 2.90. The summed E-state index contributed by atoms with van der Waals surface area (Å²) in [6, 6.07) is 8.92. The second-order valence-electron chi connectivity index (χ2n) is 6.00. The SMILES string of the molecule is CC(C)(CO)c1ccc(C2CCCCC2)cc1. The van der Waals surface area contributed by atoms with Crippen molar-refractivity contribution in [1.82, 2.24) is 0 Å². The van der Waals surface area contributed by atoms with E-state index < -0.39 is 0 Å². The fourth-order valence-corrected chi connectivity index (χ4v) is 2.73. The summed E-state index contributed by atoms with van der Waals surface area (Å²) in [5.41, 5.74) is 2.60. The molecule has 1 aliphatic carbocycles. The predicted molar refractivity (Wildman–Crippen MR) is 72.4 cm³/mol. The summed E-state index contributed by atoms with van der Waals surface area (Å²) in [5.74, 6) is 0.773. The average Bonchev–Trinajstić information content (AvgIpc) is 2.40. The van der Waals surface area contributed by atoms with Crippen LogP contribution in [0.2, 0.25) is 0 Å². The molecule has 17 heavy (non-hydrogen) atoms. The lowest BCUT2D eigenvalue weighted by molar-refractivity contribution is 0.218. The Hall–Kier alpha value is -0.820. The third-order valence-corrected chi connectivity index (χ3v) is 4.16. The van der Waals surface area contributed by atoms with E-state index in [1.807, 2.05) is 0 Å². The van der Waals surface area contributed by atoms with Crippen molar-refractivity contribution < 1.29 is 5.11 Å². The minimum atomic E-state index is -0.120. The van der Waals surface area contributed by atoms with Crippen molar-refractivity contribution in [2.75, 3.05) is 6.61 Å². The Morgan fingerprint density at radius 1 is 1.06 bits per heavy atom. The van der Waals surface area contributed by atoms with E-state index in [0.717, 1.165) is 5.92 Å². The molecule has 0 unspecified atom stereocenters. The summed E-state index contributed by atoms with van der Waals surface area (Å²) in [6.45, 7) is 4.38. The largest absolute Gasteiger partial charge is 0.395 e. The molecule has 0 amide bonds. The summed E-state index contributed by atoms with van der Waals surface area (Å²) in [4.78, 5) is 0. The molecule has 1 fully saturated rings. The van der Waals surface area contributed by atoms with Crippen LogP contribution in [0.1, 0.15) is 63.0 Å². The topological polar surface area (TPSA) is 20.2 Å². The van der Waals surface area contributed by atoms with Gasteiger partial charge in [-0.15, -0.1) is 0 Å². The fraction of sp³-hybridized carbons (Fsp3) is 0.625. The number of hydrogen-bond acceptors (Lipinski definition) is 1. The molecule has 1 heteroatoms. The van der Waals surface area contributed by atoms with Crippen molar-refractivity contribution >= 4 is 0 Å². The zero-order chi connectivity index (χ0) is 12.3. The van der Waals surface area contributed by atoms with Gasteiger partial charge in [0.1, 0.15) is 0 Å². The molecule has 1 aromatic carbocycles. The zero-order valence-corrected chi connectivity index (χ0v) is 11.1. The highest BCUT2D eigenvalue weighted by molar-refractivity contribution is 5.30. The minimum Gasteiger partial charge on any atom is -0.395 e. The highest BCUT2D eigenvalue weighted by atomic mass is 16.3. The predicted octanol–water partition coefficient (Wildman–Crippen LogP) is 4.00. The van der Waals surface area contributed by atoms with Gasteiger partial charge in [0, 0.05) is 5.41 Å². The van der Waals surface area contributed by atoms with E-state index in [1.165, 1.54) is 43.2 Å². The van der Waals surface area contributed by atoms with Crippen molar-refractivity contribution in [1.29, 1.82) is 0 Å². The van der Waals surface area contributed by atoms with Gasteiger partial charge in [0.2, 0.25) is 0 Å². The summed E-state index contributed by atoms with van der Waals surface area (Å²) in [6.07, 6.45) is 6.88. The molecule has 1 aliphatic rings. The molecule has 1 N–H and O–H groups in total. The van der Waals surface area contributed by atoms with Crippen molar-refractivity contribution in [3.63, 3.8) is 0 Å². The van der Waals surface area contributed by atoms with Crippen LogP contribution in [0.15, 0.2) is 24.3 Å². The van der Waals surface area contributed by atoms with Crippen LogP contribution in [0.3, 0.4) is 0 Å². The molecular formula is C16H24O. The lowest BCUT2D eigenvalue weighted by Crippen LogP contribution is -2.21. The molecule has 1 nitrogen and oxygen atoms in total. The van der Waals surface area contributed by atoms with Crippen molar-refractivity contribution in [3.05, 3.63) is 35.4 Å². The van der Waals surface area contributed by atoms with Crippen LogP contribution in [-0.4, -0.2) is 11.7 Å². The smallest absolute Gasteiger partial charge is 0.0522 e. The summed E-state index contributed by atoms with van der Waals surface area (Å²) < 4.78 is 0. The number of rotatable bonds is 3. The highest BCUT2D eigenvalue weighted by Crippen LogP contribution is 2.33. The van der Waals surface area contributed by atoms with E-state index in [-0.39, 0.29) is 12.0 Å². The Kier molecular flexibility index (Phi) is 3.88. The molecule has 1 aromatic rings. The molecule has 2 rings (SSSR count). The number of hydrogen-bond donors (Lipinski definition) is 1. The molecule has 0 aliphatic heterocycles. The van der Waals surface area contributed by atoms with Crippen LogP contribution >= 0.6 is 0 Å². The van der Waals surface area contributed by atoms with Crippen LogP contribution < -0.4 is 0 Å². The summed E-state index contributed by atoms with van der Waals surface area (Å²) in [7, 11) is 0. The Bertz CT molecular complexity index is 344. The maximum atomic E-state index is 9.37. The average molecular weight is 232 g/mol. The van der Waals surface area contributed by atoms with Crippen molar-refractivity contribution in [3.8, 4) is 0 Å². The van der Waals surface area contributed by atoms with Gasteiger partial charge in [-0.25, -0.2) is 0 Å². The normalized spacial score (nSPS) is 18.3. The standard InChI is InChI=1S/C16H24O/c1-16(2,12-17)15-10-8-14(9-11-15)13-6-4-3-5-7-13/h8-11,13,17H,3-7,12H2,1-2H3. The molecule has 0 saturated heterocycles. The maximum Gasteiger partial charge on any atom is 0.0522 e. The molecular weight excluding hydrogens is 208 g/mol. The Labute approximate surface area is 105 Å². The molecule has 0 aromatic heterocycles. The van der Waals surface area contributed by atoms with Gasteiger partial charge in [-0.2, -0.15) is 0 Å². The molecule has 0 heterocycles. The Morgan fingerprint density at radius 3 is 2.18 bits per heavy atom. The van der Waals surface area contributed by atoms with Crippen LogP contribution in [0, 0.1) is 0 Å². The van der Waals surface area contributed by atoms with Gasteiger partial charge in [0.15, 0.2) is 0 Å². The Morgan fingerprint density at radius 2 is 1.65 bits per heavy atom. The first-order chi connectivity index (χ1) is 8.13. The van der Waals surface area contributed by atoms with E-state index in [4.69, 9.17) is 0 Å². The number of aliphatic hydroxyl groups excluding tert-OH is 1. The van der Waals surface area contributed by atoms with Gasteiger partial charge in [-0.1, -0.05) is 57.4 Å². The van der Waals surface area contributed by atoms with Crippen molar-refractivity contribution in [2.24, 2.45) is 0 Å².